The number of aliphatic hydroxyl groups is 1. The molecular formula is C23H49NO5Si. The summed E-state index contributed by atoms with van der Waals surface area (Å²) in [5.74, 6) is 0.0102. The highest BCUT2D eigenvalue weighted by molar-refractivity contribution is 6.60. The fourth-order valence-electron chi connectivity index (χ4n) is 3.43. The van der Waals surface area contributed by atoms with Gasteiger partial charge in [-0.2, -0.15) is 0 Å². The van der Waals surface area contributed by atoms with Crippen molar-refractivity contribution < 1.29 is 23.2 Å². The lowest BCUT2D eigenvalue weighted by atomic mass is 9.90. The van der Waals surface area contributed by atoms with Gasteiger partial charge in [-0.25, -0.2) is 0 Å². The van der Waals surface area contributed by atoms with E-state index >= 15 is 0 Å². The van der Waals surface area contributed by atoms with Crippen LogP contribution in [0.3, 0.4) is 0 Å². The first-order chi connectivity index (χ1) is 14.2. The van der Waals surface area contributed by atoms with Crippen LogP contribution in [0.2, 0.25) is 6.04 Å². The van der Waals surface area contributed by atoms with Crippen molar-refractivity contribution in [2.45, 2.75) is 111 Å². The summed E-state index contributed by atoms with van der Waals surface area (Å²) in [6.45, 7) is 14.7. The second-order valence-corrected chi connectivity index (χ2v) is 11.6. The molecule has 0 aliphatic rings. The van der Waals surface area contributed by atoms with Gasteiger partial charge in [0, 0.05) is 38.8 Å². The van der Waals surface area contributed by atoms with Crippen molar-refractivity contribution in [2.75, 3.05) is 26.4 Å². The number of carbonyl (C=O) groups excluding carboxylic acids is 1. The molecule has 1 atom stereocenters. The second kappa shape index (κ2) is 17.1. The molecule has 1 unspecified atom stereocenters. The van der Waals surface area contributed by atoms with Gasteiger partial charge in [-0.15, -0.1) is 0 Å². The fourth-order valence-corrected chi connectivity index (χ4v) is 6.42. The molecule has 180 valence electrons. The van der Waals surface area contributed by atoms with Gasteiger partial charge < -0.3 is 23.7 Å². The van der Waals surface area contributed by atoms with Crippen molar-refractivity contribution in [3.63, 3.8) is 0 Å². The quantitative estimate of drug-likeness (QED) is 0.201. The normalized spacial score (nSPS) is 13.4. The lowest BCUT2D eigenvalue weighted by Gasteiger charge is -2.32. The van der Waals surface area contributed by atoms with Gasteiger partial charge in [0.15, 0.2) is 0 Å². The number of nitrogens with one attached hydrogen (secondary N) is 1. The molecule has 0 aromatic heterocycles. The van der Waals surface area contributed by atoms with Crippen molar-refractivity contribution in [3.8, 4) is 0 Å². The summed E-state index contributed by atoms with van der Waals surface area (Å²) in [7, 11) is -2.66. The Bertz CT molecular complexity index is 417. The Morgan fingerprint density at radius 3 is 2.03 bits per heavy atom. The van der Waals surface area contributed by atoms with E-state index in [1.807, 2.05) is 20.8 Å². The highest BCUT2D eigenvalue weighted by Gasteiger charge is 2.41. The Morgan fingerprint density at radius 2 is 1.50 bits per heavy atom. The Labute approximate surface area is 186 Å². The zero-order chi connectivity index (χ0) is 22.9. The highest BCUT2D eigenvalue weighted by Crippen LogP contribution is 2.28. The summed E-state index contributed by atoms with van der Waals surface area (Å²) in [5, 5.41) is 13.1. The minimum atomic E-state index is -2.66. The van der Waals surface area contributed by atoms with Crippen LogP contribution in [0.1, 0.15) is 99.3 Å². The zero-order valence-corrected chi connectivity index (χ0v) is 21.6. The first-order valence-corrected chi connectivity index (χ1v) is 14.0. The van der Waals surface area contributed by atoms with Crippen LogP contribution in [0, 0.1) is 5.41 Å². The molecule has 0 aromatic rings. The minimum Gasteiger partial charge on any atom is -0.393 e. The maximum Gasteiger partial charge on any atom is 0.500 e. The molecule has 0 spiro atoms. The number of unbranched alkanes of at least 4 members (excludes halogenated alkanes) is 4. The molecular weight excluding hydrogens is 398 g/mol. The number of carbonyl (C=O) groups is 1. The number of amides is 1. The summed E-state index contributed by atoms with van der Waals surface area (Å²) in [5.41, 5.74) is -0.0862. The van der Waals surface area contributed by atoms with Gasteiger partial charge in [0.1, 0.15) is 0 Å². The van der Waals surface area contributed by atoms with Crippen molar-refractivity contribution in [3.05, 3.63) is 0 Å². The molecule has 0 fully saturated rings. The molecule has 0 rings (SSSR count). The third-order valence-electron chi connectivity index (χ3n) is 5.31. The van der Waals surface area contributed by atoms with Crippen LogP contribution in [0.15, 0.2) is 0 Å². The van der Waals surface area contributed by atoms with E-state index in [0.717, 1.165) is 25.3 Å². The van der Waals surface area contributed by atoms with Gasteiger partial charge in [0.25, 0.3) is 0 Å². The second-order valence-electron chi connectivity index (χ2n) is 8.82. The standard InChI is InChI=1S/C23H49NO5Si/c1-7-11-12-13-14-15-21(25)16-17-22(26)24-20-23(5,6)18-19-30(27-8-2,28-9-3)29-10-4/h21,25H,7-20H2,1-6H3,(H,24,26). The third kappa shape index (κ3) is 14.5. The van der Waals surface area contributed by atoms with E-state index in [-0.39, 0.29) is 17.4 Å². The summed E-state index contributed by atoms with van der Waals surface area (Å²) >= 11 is 0. The first-order valence-electron chi connectivity index (χ1n) is 12.1. The van der Waals surface area contributed by atoms with Crippen LogP contribution in [0.25, 0.3) is 0 Å². The summed E-state index contributed by atoms with van der Waals surface area (Å²) in [6, 6.07) is 0.738. The monoisotopic (exact) mass is 447 g/mol. The van der Waals surface area contributed by atoms with Crippen molar-refractivity contribution in [1.29, 1.82) is 0 Å². The van der Waals surface area contributed by atoms with E-state index in [1.165, 1.54) is 25.7 Å². The van der Waals surface area contributed by atoms with Crippen molar-refractivity contribution >= 4 is 14.7 Å². The van der Waals surface area contributed by atoms with Crippen LogP contribution >= 0.6 is 0 Å². The van der Waals surface area contributed by atoms with Crippen LogP contribution in [0.4, 0.5) is 0 Å². The van der Waals surface area contributed by atoms with Crippen LogP contribution in [0.5, 0.6) is 0 Å². The van der Waals surface area contributed by atoms with Gasteiger partial charge in [0.2, 0.25) is 5.91 Å². The van der Waals surface area contributed by atoms with Crippen LogP contribution in [-0.4, -0.2) is 52.3 Å². The fraction of sp³-hybridized carbons (Fsp3) is 0.957. The molecule has 6 nitrogen and oxygen atoms in total. The van der Waals surface area contributed by atoms with Gasteiger partial charge in [-0.3, -0.25) is 4.79 Å². The average molecular weight is 448 g/mol. The Kier molecular flexibility index (Phi) is 16.9. The zero-order valence-electron chi connectivity index (χ0n) is 20.6. The highest BCUT2D eigenvalue weighted by atomic mass is 28.4. The van der Waals surface area contributed by atoms with E-state index in [1.54, 1.807) is 0 Å². The molecule has 0 radical (unpaired) electrons. The number of rotatable bonds is 20. The summed E-state index contributed by atoms with van der Waals surface area (Å²) in [4.78, 5) is 12.2. The third-order valence-corrected chi connectivity index (χ3v) is 8.36. The van der Waals surface area contributed by atoms with Gasteiger partial charge in [-0.1, -0.05) is 52.9 Å². The summed E-state index contributed by atoms with van der Waals surface area (Å²) < 4.78 is 17.8. The molecule has 0 saturated heterocycles. The number of hydrogen-bond donors (Lipinski definition) is 2. The van der Waals surface area contributed by atoms with E-state index in [4.69, 9.17) is 13.3 Å². The molecule has 0 heterocycles. The van der Waals surface area contributed by atoms with Crippen molar-refractivity contribution in [2.24, 2.45) is 5.41 Å². The van der Waals surface area contributed by atoms with E-state index in [9.17, 15) is 9.90 Å². The van der Waals surface area contributed by atoms with Gasteiger partial charge >= 0.3 is 8.80 Å². The van der Waals surface area contributed by atoms with Gasteiger partial charge in [0.05, 0.1) is 6.10 Å². The minimum absolute atomic E-state index is 0.0102. The molecule has 7 heteroatoms. The number of hydrogen-bond acceptors (Lipinski definition) is 5. The molecule has 0 bridgehead atoms. The predicted octanol–water partition coefficient (Wildman–Crippen LogP) is 5.07. The first kappa shape index (κ1) is 29.5. The largest absolute Gasteiger partial charge is 0.500 e. The summed E-state index contributed by atoms with van der Waals surface area (Å²) in [6.07, 6.45) is 8.11. The maximum absolute atomic E-state index is 12.2. The van der Waals surface area contributed by atoms with Gasteiger partial charge in [-0.05, 0) is 45.4 Å². The smallest absolute Gasteiger partial charge is 0.393 e. The lowest BCUT2D eigenvalue weighted by molar-refractivity contribution is -0.122. The van der Waals surface area contributed by atoms with Crippen LogP contribution < -0.4 is 5.32 Å². The van der Waals surface area contributed by atoms with E-state index in [2.05, 4.69) is 26.1 Å². The lowest BCUT2D eigenvalue weighted by Crippen LogP contribution is -2.47. The predicted molar refractivity (Wildman–Crippen MR) is 125 cm³/mol. The number of aliphatic hydroxyl groups excluding tert-OH is 1. The molecule has 0 aromatic carbocycles. The molecule has 0 aliphatic carbocycles. The SMILES string of the molecule is CCCCCCCC(O)CCC(=O)NCC(C)(C)CC[Si](OCC)(OCC)OCC. The molecule has 0 saturated carbocycles. The van der Waals surface area contributed by atoms with Crippen molar-refractivity contribution in [1.82, 2.24) is 5.32 Å². The molecule has 30 heavy (non-hydrogen) atoms. The maximum atomic E-state index is 12.2. The molecule has 0 aliphatic heterocycles. The molecule has 1 amide bonds. The Balaban J connectivity index is 4.27. The van der Waals surface area contributed by atoms with E-state index in [0.29, 0.717) is 39.2 Å². The Hall–Kier alpha value is -0.473. The van der Waals surface area contributed by atoms with Crippen LogP contribution in [-0.2, 0) is 18.1 Å². The Morgan fingerprint density at radius 1 is 0.933 bits per heavy atom. The van der Waals surface area contributed by atoms with E-state index < -0.39 is 8.80 Å². The average Bonchev–Trinajstić information content (AvgIpc) is 2.70. The molecule has 2 N–H and O–H groups in total. The topological polar surface area (TPSA) is 77.0 Å².